The third-order valence-electron chi connectivity index (χ3n) is 3.27. The molecule has 1 aromatic carbocycles. The summed E-state index contributed by atoms with van der Waals surface area (Å²) in [6.45, 7) is 16.7. The molecule has 17 heavy (non-hydrogen) atoms. The summed E-state index contributed by atoms with van der Waals surface area (Å²) >= 11 is 0. The molecular formula is C13H26OSi3. The van der Waals surface area contributed by atoms with Crippen LogP contribution in [0.15, 0.2) is 30.3 Å². The van der Waals surface area contributed by atoms with Crippen molar-refractivity contribution in [2.45, 2.75) is 45.8 Å². The smallest absolute Gasteiger partial charge is 0.194 e. The van der Waals surface area contributed by atoms with Gasteiger partial charge in [0.05, 0.1) is 7.59 Å². The number of hydrogen-bond acceptors (Lipinski definition) is 1. The van der Waals surface area contributed by atoms with Crippen molar-refractivity contribution >= 4 is 28.9 Å². The van der Waals surface area contributed by atoms with Gasteiger partial charge in [0.2, 0.25) is 0 Å². The Hall–Kier alpha value is -0.169. The molecule has 4 heteroatoms. The van der Waals surface area contributed by atoms with Crippen LogP contribution in [-0.2, 0) is 4.12 Å². The van der Waals surface area contributed by atoms with Crippen LogP contribution in [-0.4, -0.2) is 23.7 Å². The second kappa shape index (κ2) is 4.84. The Bertz CT molecular complexity index is 364. The summed E-state index contributed by atoms with van der Waals surface area (Å²) in [5.41, 5.74) is 0. The Morgan fingerprint density at radius 1 is 0.765 bits per heavy atom. The second-order valence-electron chi connectivity index (χ2n) is 6.86. The van der Waals surface area contributed by atoms with Crippen molar-refractivity contribution in [2.24, 2.45) is 0 Å². The fraction of sp³-hybridized carbons (Fsp3) is 0.538. The molecule has 0 aliphatic rings. The molecule has 96 valence electrons. The highest BCUT2D eigenvalue weighted by molar-refractivity contribution is 7.44. The van der Waals surface area contributed by atoms with Crippen molar-refractivity contribution in [2.75, 3.05) is 0 Å². The van der Waals surface area contributed by atoms with E-state index in [0.717, 1.165) is 0 Å². The van der Waals surface area contributed by atoms with Gasteiger partial charge in [-0.3, -0.25) is 0 Å². The Morgan fingerprint density at radius 3 is 1.59 bits per heavy atom. The molecule has 0 aromatic heterocycles. The van der Waals surface area contributed by atoms with Gasteiger partial charge >= 0.3 is 0 Å². The van der Waals surface area contributed by atoms with Crippen molar-refractivity contribution in [1.29, 1.82) is 0 Å². The van der Waals surface area contributed by atoms with E-state index in [1.807, 2.05) is 0 Å². The number of rotatable bonds is 4. The molecule has 0 radical (unpaired) electrons. The molecule has 1 aromatic rings. The zero-order valence-electron chi connectivity index (χ0n) is 12.3. The third-order valence-corrected chi connectivity index (χ3v) is 22.0. The maximum atomic E-state index is 6.72. The second-order valence-corrected chi connectivity index (χ2v) is 26.4. The van der Waals surface area contributed by atoms with Gasteiger partial charge in [0, 0.05) is 0 Å². The lowest BCUT2D eigenvalue weighted by Gasteiger charge is -2.43. The predicted octanol–water partition coefficient (Wildman–Crippen LogP) is 3.74. The molecule has 0 aliphatic heterocycles. The van der Waals surface area contributed by atoms with E-state index >= 15 is 0 Å². The summed E-state index contributed by atoms with van der Waals surface area (Å²) in [6.07, 6.45) is 0. The molecule has 0 saturated heterocycles. The van der Waals surface area contributed by atoms with Crippen LogP contribution in [0.3, 0.4) is 0 Å². The average molecular weight is 283 g/mol. The Balaban J connectivity index is 3.22. The minimum absolute atomic E-state index is 1.31. The van der Waals surface area contributed by atoms with Crippen LogP contribution < -0.4 is 5.19 Å². The van der Waals surface area contributed by atoms with Gasteiger partial charge in [-0.1, -0.05) is 50.0 Å². The molecule has 0 bridgehead atoms. The van der Waals surface area contributed by atoms with E-state index in [-0.39, 0.29) is 0 Å². The number of hydrogen-bond donors (Lipinski definition) is 0. The quantitative estimate of drug-likeness (QED) is 0.765. The summed E-state index contributed by atoms with van der Waals surface area (Å²) in [4.78, 5) is 0. The summed E-state index contributed by atoms with van der Waals surface area (Å²) in [5, 5.41) is 1.47. The molecule has 1 unspecified atom stereocenters. The van der Waals surface area contributed by atoms with Crippen LogP contribution in [0.25, 0.3) is 0 Å². The van der Waals surface area contributed by atoms with Crippen molar-refractivity contribution in [3.8, 4) is 0 Å². The van der Waals surface area contributed by atoms with E-state index in [2.05, 4.69) is 76.2 Å². The first-order valence-corrected chi connectivity index (χ1v) is 16.6. The number of benzene rings is 1. The molecule has 0 heterocycles. The lowest BCUT2D eigenvalue weighted by atomic mass is 10.4. The molecule has 0 fully saturated rings. The monoisotopic (exact) mass is 282 g/mol. The van der Waals surface area contributed by atoms with E-state index in [4.69, 9.17) is 4.12 Å². The van der Waals surface area contributed by atoms with Gasteiger partial charge in [-0.05, 0) is 31.4 Å². The van der Waals surface area contributed by atoms with Crippen LogP contribution in [0.4, 0.5) is 0 Å². The topological polar surface area (TPSA) is 9.23 Å². The van der Waals surface area contributed by atoms with Crippen LogP contribution in [0.5, 0.6) is 0 Å². The molecule has 1 nitrogen and oxygen atoms in total. The lowest BCUT2D eigenvalue weighted by molar-refractivity contribution is 0.576. The van der Waals surface area contributed by atoms with Crippen LogP contribution in [0.1, 0.15) is 0 Å². The van der Waals surface area contributed by atoms with Crippen molar-refractivity contribution in [3.05, 3.63) is 30.3 Å². The van der Waals surface area contributed by atoms with Gasteiger partial charge in [-0.15, -0.1) is 0 Å². The molecule has 1 atom stereocenters. The Kier molecular flexibility index (Phi) is 4.24. The zero-order valence-corrected chi connectivity index (χ0v) is 15.3. The molecular weight excluding hydrogens is 256 g/mol. The summed E-state index contributed by atoms with van der Waals surface area (Å²) in [6, 6.07) is 10.9. The lowest BCUT2D eigenvalue weighted by Crippen LogP contribution is -2.68. The van der Waals surface area contributed by atoms with Crippen molar-refractivity contribution < 1.29 is 4.12 Å². The Labute approximate surface area is 109 Å². The maximum Gasteiger partial charge on any atom is 0.194 e. The van der Waals surface area contributed by atoms with E-state index in [0.29, 0.717) is 0 Å². The highest BCUT2D eigenvalue weighted by atomic mass is 29.3. The molecule has 0 saturated carbocycles. The first-order valence-electron chi connectivity index (χ1n) is 6.32. The fourth-order valence-electron chi connectivity index (χ4n) is 2.01. The molecule has 1 rings (SSSR count). The predicted molar refractivity (Wildman–Crippen MR) is 85.5 cm³/mol. The zero-order chi connectivity index (χ0) is 13.3. The minimum atomic E-state index is -1.76. The van der Waals surface area contributed by atoms with E-state index in [9.17, 15) is 0 Å². The van der Waals surface area contributed by atoms with Crippen LogP contribution in [0.2, 0.25) is 45.8 Å². The SMILES string of the molecule is C[Si](C)(C)O[Si](C)(c1ccccc1)[Si](C)(C)C. The highest BCUT2D eigenvalue weighted by Gasteiger charge is 2.47. The van der Waals surface area contributed by atoms with Crippen molar-refractivity contribution in [3.63, 3.8) is 0 Å². The summed E-state index contributed by atoms with van der Waals surface area (Å²) in [7, 11) is -4.56. The van der Waals surface area contributed by atoms with Gasteiger partial charge in [-0.25, -0.2) is 0 Å². The molecule has 0 aliphatic carbocycles. The van der Waals surface area contributed by atoms with Crippen molar-refractivity contribution in [1.82, 2.24) is 0 Å². The van der Waals surface area contributed by atoms with E-state index < -0.39 is 23.7 Å². The standard InChI is InChI=1S/C13H26OSi3/c1-15(2,3)14-17(7,16(4,5)6)13-11-9-8-10-12-13/h8-12H,1-7H3. The first-order chi connectivity index (χ1) is 7.56. The highest BCUT2D eigenvalue weighted by Crippen LogP contribution is 2.24. The first kappa shape index (κ1) is 14.9. The van der Waals surface area contributed by atoms with Gasteiger partial charge in [0.15, 0.2) is 16.2 Å². The van der Waals surface area contributed by atoms with E-state index in [1.165, 1.54) is 5.19 Å². The summed E-state index contributed by atoms with van der Waals surface area (Å²) < 4.78 is 6.72. The minimum Gasteiger partial charge on any atom is -0.454 e. The molecule has 0 N–H and O–H groups in total. The molecule has 0 amide bonds. The van der Waals surface area contributed by atoms with Crippen LogP contribution >= 0.6 is 0 Å². The van der Waals surface area contributed by atoms with Gasteiger partial charge in [0.25, 0.3) is 0 Å². The van der Waals surface area contributed by atoms with Gasteiger partial charge in [0.1, 0.15) is 0 Å². The van der Waals surface area contributed by atoms with Gasteiger partial charge in [-0.2, -0.15) is 0 Å². The third kappa shape index (κ3) is 3.64. The normalized spacial score (nSPS) is 16.6. The molecule has 0 spiro atoms. The average Bonchev–Trinajstić information content (AvgIpc) is 2.14. The largest absolute Gasteiger partial charge is 0.454 e. The Morgan fingerprint density at radius 2 is 1.24 bits per heavy atom. The van der Waals surface area contributed by atoms with E-state index in [1.54, 1.807) is 0 Å². The summed E-state index contributed by atoms with van der Waals surface area (Å²) in [5.74, 6) is 0. The van der Waals surface area contributed by atoms with Crippen LogP contribution in [0, 0.1) is 0 Å². The fourth-order valence-corrected chi connectivity index (χ4v) is 18.9. The maximum absolute atomic E-state index is 6.72. The van der Waals surface area contributed by atoms with Gasteiger partial charge < -0.3 is 4.12 Å².